The van der Waals surface area contributed by atoms with Gasteiger partial charge in [-0.25, -0.2) is 0 Å². The van der Waals surface area contributed by atoms with Gasteiger partial charge in [0.25, 0.3) is 11.8 Å². The smallest absolute Gasteiger partial charge is 0.260 e. The van der Waals surface area contributed by atoms with E-state index in [2.05, 4.69) is 16.0 Å². The maximum atomic E-state index is 13.5. The quantitative estimate of drug-likeness (QED) is 0.426. The van der Waals surface area contributed by atoms with Gasteiger partial charge >= 0.3 is 0 Å². The predicted octanol–water partition coefficient (Wildman–Crippen LogP) is 4.10. The van der Waals surface area contributed by atoms with E-state index in [9.17, 15) is 9.59 Å². The highest BCUT2D eigenvalue weighted by Crippen LogP contribution is 2.35. The van der Waals surface area contributed by atoms with Crippen LogP contribution in [-0.4, -0.2) is 60.8 Å². The molecular weight excluding hydrogens is 540 g/mol. The zero-order valence-electron chi connectivity index (χ0n) is 22.6. The maximum Gasteiger partial charge on any atom is 0.260 e. The largest absolute Gasteiger partial charge is 0.493 e. The van der Waals surface area contributed by atoms with Crippen LogP contribution in [-0.2, 0) is 14.3 Å². The van der Waals surface area contributed by atoms with Crippen molar-refractivity contribution in [3.05, 3.63) is 63.8 Å². The first-order valence-electron chi connectivity index (χ1n) is 12.7. The number of aryl methyl sites for hydroxylation is 1. The second-order valence-electron chi connectivity index (χ2n) is 9.74. The van der Waals surface area contributed by atoms with Crippen molar-refractivity contribution in [1.29, 1.82) is 0 Å². The van der Waals surface area contributed by atoms with E-state index < -0.39 is 6.04 Å². The molecule has 0 aliphatic carbocycles. The van der Waals surface area contributed by atoms with E-state index in [1.54, 1.807) is 36.1 Å². The van der Waals surface area contributed by atoms with E-state index in [-0.39, 0.29) is 30.6 Å². The van der Waals surface area contributed by atoms with Crippen molar-refractivity contribution in [3.63, 3.8) is 0 Å². The van der Waals surface area contributed by atoms with E-state index in [4.69, 9.17) is 38.0 Å². The van der Waals surface area contributed by atoms with Crippen LogP contribution in [0, 0.1) is 6.92 Å². The molecule has 0 aromatic heterocycles. The molecule has 39 heavy (non-hydrogen) atoms. The first kappa shape index (κ1) is 28.7. The Morgan fingerprint density at radius 3 is 2.54 bits per heavy atom. The van der Waals surface area contributed by atoms with Crippen LogP contribution in [0.3, 0.4) is 0 Å². The van der Waals surface area contributed by atoms with Gasteiger partial charge < -0.3 is 35.1 Å². The van der Waals surface area contributed by atoms with Crippen molar-refractivity contribution in [2.24, 2.45) is 0 Å². The van der Waals surface area contributed by atoms with Crippen LogP contribution < -0.4 is 25.4 Å². The molecule has 2 aromatic carbocycles. The number of nitrogens with zero attached hydrogens (tertiary/aromatic N) is 1. The van der Waals surface area contributed by atoms with E-state index in [1.165, 1.54) is 7.11 Å². The van der Waals surface area contributed by atoms with Crippen LogP contribution in [0.4, 0.5) is 5.69 Å². The normalized spacial score (nSPS) is 21.1. The number of allylic oxidation sites excluding steroid dienone is 1. The molecule has 4 rings (SSSR count). The molecule has 2 heterocycles. The highest BCUT2D eigenvalue weighted by atomic mass is 35.5. The number of anilines is 1. The highest BCUT2D eigenvalue weighted by molar-refractivity contribution is 7.80. The summed E-state index contributed by atoms with van der Waals surface area (Å²) in [6.07, 6.45) is -0.0541. The second-order valence-corrected chi connectivity index (χ2v) is 10.6. The minimum absolute atomic E-state index is 0.0271. The topological polar surface area (TPSA) is 101 Å². The zero-order valence-corrected chi connectivity index (χ0v) is 24.2. The molecule has 0 radical (unpaired) electrons. The van der Waals surface area contributed by atoms with Gasteiger partial charge in [0.1, 0.15) is 0 Å². The number of hydrogen-bond donors (Lipinski definition) is 3. The second kappa shape index (κ2) is 12.2. The highest BCUT2D eigenvalue weighted by Gasteiger charge is 2.31. The molecule has 1 fully saturated rings. The molecule has 0 bridgehead atoms. The van der Waals surface area contributed by atoms with Gasteiger partial charge in [0, 0.05) is 29.5 Å². The van der Waals surface area contributed by atoms with Crippen LogP contribution in [0.2, 0.25) is 5.02 Å². The van der Waals surface area contributed by atoms with Crippen LogP contribution in [0.5, 0.6) is 11.5 Å². The van der Waals surface area contributed by atoms with Gasteiger partial charge in [-0.2, -0.15) is 0 Å². The summed E-state index contributed by atoms with van der Waals surface area (Å²) in [5, 5.41) is 10.1. The molecule has 1 saturated heterocycles. The summed E-state index contributed by atoms with van der Waals surface area (Å²) in [5.74, 6) is 0.423. The molecule has 0 saturated carbocycles. The number of benzene rings is 2. The molecule has 2 aliphatic heterocycles. The summed E-state index contributed by atoms with van der Waals surface area (Å²) in [4.78, 5) is 28.0. The maximum absolute atomic E-state index is 13.5. The summed E-state index contributed by atoms with van der Waals surface area (Å²) in [6.45, 7) is 8.50. The lowest BCUT2D eigenvalue weighted by atomic mass is 9.94. The SMILES string of the molecule is COc1cc([C@H]2NC(=S)NC(C)=C2C(=O)Nc2cc(Cl)ccc2C)ccc1OCC(=O)N1C[C@H](C)O[C@@H](C)C1. The summed E-state index contributed by atoms with van der Waals surface area (Å²) in [7, 11) is 1.52. The fourth-order valence-electron chi connectivity index (χ4n) is 4.76. The average molecular weight is 573 g/mol. The third-order valence-electron chi connectivity index (χ3n) is 6.61. The number of hydrogen-bond acceptors (Lipinski definition) is 6. The summed E-state index contributed by atoms with van der Waals surface area (Å²) < 4.78 is 17.2. The zero-order chi connectivity index (χ0) is 28.3. The molecule has 3 atom stereocenters. The van der Waals surface area contributed by atoms with Crippen LogP contribution in [0.25, 0.3) is 0 Å². The fraction of sp³-hybridized carbons (Fsp3) is 0.393. The van der Waals surface area contributed by atoms with Crippen molar-refractivity contribution < 1.29 is 23.8 Å². The lowest BCUT2D eigenvalue weighted by molar-refractivity contribution is -0.145. The van der Waals surface area contributed by atoms with Crippen molar-refractivity contribution in [2.75, 3.05) is 32.1 Å². The molecule has 11 heteroatoms. The number of nitrogens with one attached hydrogen (secondary N) is 3. The Kier molecular flexibility index (Phi) is 8.99. The first-order valence-corrected chi connectivity index (χ1v) is 13.4. The molecule has 0 spiro atoms. The number of rotatable bonds is 7. The van der Waals surface area contributed by atoms with E-state index in [1.807, 2.05) is 32.9 Å². The summed E-state index contributed by atoms with van der Waals surface area (Å²) in [6, 6.07) is 10.1. The Balaban J connectivity index is 1.54. The van der Waals surface area contributed by atoms with E-state index in [0.717, 1.165) is 11.1 Å². The van der Waals surface area contributed by atoms with Gasteiger partial charge in [-0.05, 0) is 75.3 Å². The Hall–Kier alpha value is -3.34. The monoisotopic (exact) mass is 572 g/mol. The van der Waals surface area contributed by atoms with E-state index in [0.29, 0.717) is 51.7 Å². The molecule has 0 unspecified atom stereocenters. The van der Waals surface area contributed by atoms with Crippen molar-refractivity contribution >= 4 is 46.4 Å². The molecule has 2 amide bonds. The number of methoxy groups -OCH3 is 1. The summed E-state index contributed by atoms with van der Waals surface area (Å²) >= 11 is 11.5. The molecule has 9 nitrogen and oxygen atoms in total. The number of carbonyl (C=O) groups is 2. The van der Waals surface area contributed by atoms with Gasteiger partial charge in [-0.3, -0.25) is 9.59 Å². The minimum atomic E-state index is -0.556. The number of ether oxygens (including phenoxy) is 3. The molecule has 2 aromatic rings. The van der Waals surface area contributed by atoms with Gasteiger partial charge in [-0.1, -0.05) is 23.7 Å². The summed E-state index contributed by atoms with van der Waals surface area (Å²) in [5.41, 5.74) is 3.32. The number of amides is 2. The Labute approximate surface area is 238 Å². The van der Waals surface area contributed by atoms with Gasteiger partial charge in [0.05, 0.1) is 30.9 Å². The first-order chi connectivity index (χ1) is 18.5. The average Bonchev–Trinajstić information content (AvgIpc) is 2.88. The van der Waals surface area contributed by atoms with Crippen LogP contribution in [0.15, 0.2) is 47.7 Å². The Morgan fingerprint density at radius 1 is 1.13 bits per heavy atom. The predicted molar refractivity (Wildman–Crippen MR) is 154 cm³/mol. The van der Waals surface area contributed by atoms with Crippen molar-refractivity contribution in [2.45, 2.75) is 45.9 Å². The molecular formula is C28H33ClN4O5S. The number of halogens is 1. The Bertz CT molecular complexity index is 1310. The minimum Gasteiger partial charge on any atom is -0.493 e. The third-order valence-corrected chi connectivity index (χ3v) is 7.06. The van der Waals surface area contributed by atoms with Crippen LogP contribution >= 0.6 is 23.8 Å². The van der Waals surface area contributed by atoms with Gasteiger partial charge in [-0.15, -0.1) is 0 Å². The fourth-order valence-corrected chi connectivity index (χ4v) is 5.20. The Morgan fingerprint density at radius 2 is 1.85 bits per heavy atom. The van der Waals surface area contributed by atoms with Gasteiger partial charge in [0.15, 0.2) is 23.2 Å². The van der Waals surface area contributed by atoms with E-state index >= 15 is 0 Å². The van der Waals surface area contributed by atoms with Gasteiger partial charge in [0.2, 0.25) is 0 Å². The lowest BCUT2D eigenvalue weighted by Crippen LogP contribution is -2.49. The number of carbonyl (C=O) groups excluding carboxylic acids is 2. The number of morpholine rings is 1. The third kappa shape index (κ3) is 6.81. The molecule has 208 valence electrons. The van der Waals surface area contributed by atoms with Crippen molar-refractivity contribution in [1.82, 2.24) is 15.5 Å². The number of thiocarbonyl (C=S) groups is 1. The molecule has 3 N–H and O–H groups in total. The van der Waals surface area contributed by atoms with Crippen molar-refractivity contribution in [3.8, 4) is 11.5 Å². The van der Waals surface area contributed by atoms with Crippen LogP contribution in [0.1, 0.15) is 37.9 Å². The standard InChI is InChI=1S/C28H33ClN4O5S/c1-15-6-8-20(29)11-21(15)31-27(35)25-18(4)30-28(39)32-26(25)19-7-9-22(23(10-19)36-5)37-14-24(34)33-12-16(2)38-17(3)13-33/h6-11,16-17,26H,12-14H2,1-5H3,(H,31,35)(H2,30,32,39)/t16-,17-,26+/m0/s1. The lowest BCUT2D eigenvalue weighted by Gasteiger charge is -2.35. The molecule has 2 aliphatic rings.